The number of hydrogen-bond acceptors (Lipinski definition) is 3. The summed E-state index contributed by atoms with van der Waals surface area (Å²) in [5.74, 6) is -0.795. The molecule has 0 saturated heterocycles. The number of fused-ring (bicyclic) bond motifs is 1. The summed E-state index contributed by atoms with van der Waals surface area (Å²) < 4.78 is 38.9. The molecule has 0 radical (unpaired) electrons. The van der Waals surface area contributed by atoms with Crippen molar-refractivity contribution in [3.63, 3.8) is 0 Å². The molecule has 5 nitrogen and oxygen atoms in total. The Morgan fingerprint density at radius 2 is 1.67 bits per heavy atom. The van der Waals surface area contributed by atoms with E-state index in [9.17, 15) is 27.6 Å². The summed E-state index contributed by atoms with van der Waals surface area (Å²) in [5, 5.41) is 0. The smallest absolute Gasteiger partial charge is 0.316 e. The molecule has 0 unspecified atom stereocenters. The molecule has 1 heterocycles. The van der Waals surface area contributed by atoms with Crippen LogP contribution in [-0.4, -0.2) is 15.5 Å². The van der Waals surface area contributed by atoms with E-state index in [0.29, 0.717) is 10.6 Å². The van der Waals surface area contributed by atoms with Gasteiger partial charge in [0.1, 0.15) is 0 Å². The van der Waals surface area contributed by atoms with E-state index in [2.05, 4.69) is 4.98 Å². The first kappa shape index (κ1) is 15.7. The molecule has 1 N–H and O–H groups in total. The number of carbonyl (C=O) groups excluding carboxylic acids is 1. The Labute approximate surface area is 132 Å². The summed E-state index contributed by atoms with van der Waals surface area (Å²) in [4.78, 5) is 38.4. The average Bonchev–Trinajstić information content (AvgIpc) is 2.55. The minimum absolute atomic E-state index is 0.110. The van der Waals surface area contributed by atoms with Crippen LogP contribution in [0, 0.1) is 0 Å². The van der Waals surface area contributed by atoms with Crippen LogP contribution < -0.4 is 11.1 Å². The molecule has 0 fully saturated rings. The highest BCUT2D eigenvalue weighted by molar-refractivity contribution is 6.00. The second kappa shape index (κ2) is 5.48. The van der Waals surface area contributed by atoms with Crippen molar-refractivity contribution >= 4 is 16.9 Å². The molecule has 0 atom stereocenters. The van der Waals surface area contributed by atoms with Crippen LogP contribution in [0.4, 0.5) is 13.2 Å². The van der Waals surface area contributed by atoms with Crippen LogP contribution in [0.2, 0.25) is 0 Å². The highest BCUT2D eigenvalue weighted by Gasteiger charge is 2.31. The Bertz CT molecular complexity index is 1050. The number of aromatic nitrogens is 2. The Balaban J connectivity index is 2.32. The predicted molar refractivity (Wildman–Crippen MR) is 80.0 cm³/mol. The second-order valence-corrected chi connectivity index (χ2v) is 5.00. The zero-order valence-corrected chi connectivity index (χ0v) is 11.9. The SMILES string of the molecule is O=C(c1ccccc1)n1c(=O)c(=O)[nH]c2cc(C(F)(F)F)ccc21. The van der Waals surface area contributed by atoms with Gasteiger partial charge in [0.05, 0.1) is 16.6 Å². The van der Waals surface area contributed by atoms with Crippen molar-refractivity contribution in [1.29, 1.82) is 0 Å². The maximum Gasteiger partial charge on any atom is 0.416 e. The molecule has 0 aliphatic rings. The summed E-state index contributed by atoms with van der Waals surface area (Å²) in [6.07, 6.45) is -4.62. The molecule has 0 spiro atoms. The summed E-state index contributed by atoms with van der Waals surface area (Å²) in [7, 11) is 0. The van der Waals surface area contributed by atoms with E-state index in [1.807, 2.05) is 0 Å². The maximum absolute atomic E-state index is 12.8. The predicted octanol–water partition coefficient (Wildman–Crippen LogP) is 2.40. The van der Waals surface area contributed by atoms with Crippen LogP contribution in [-0.2, 0) is 6.18 Å². The lowest BCUT2D eigenvalue weighted by molar-refractivity contribution is -0.137. The number of H-pyrrole nitrogens is 1. The molecular formula is C16H9F3N2O3. The van der Waals surface area contributed by atoms with Crippen molar-refractivity contribution in [2.75, 3.05) is 0 Å². The van der Waals surface area contributed by atoms with Gasteiger partial charge >= 0.3 is 17.3 Å². The van der Waals surface area contributed by atoms with Crippen LogP contribution in [0.1, 0.15) is 15.9 Å². The number of benzene rings is 2. The molecule has 3 aromatic rings. The number of hydrogen-bond donors (Lipinski definition) is 1. The van der Waals surface area contributed by atoms with Gasteiger partial charge < -0.3 is 4.98 Å². The normalized spacial score (nSPS) is 11.6. The third kappa shape index (κ3) is 2.62. The topological polar surface area (TPSA) is 71.9 Å². The highest BCUT2D eigenvalue weighted by Crippen LogP contribution is 2.30. The van der Waals surface area contributed by atoms with Crippen LogP contribution in [0.15, 0.2) is 58.1 Å². The fourth-order valence-electron chi connectivity index (χ4n) is 2.31. The summed E-state index contributed by atoms with van der Waals surface area (Å²) >= 11 is 0. The Morgan fingerprint density at radius 1 is 1.00 bits per heavy atom. The van der Waals surface area contributed by atoms with E-state index in [1.54, 1.807) is 18.2 Å². The van der Waals surface area contributed by atoms with E-state index in [-0.39, 0.29) is 16.6 Å². The first-order valence-electron chi connectivity index (χ1n) is 6.75. The first-order chi connectivity index (χ1) is 11.3. The minimum atomic E-state index is -4.62. The molecule has 3 rings (SSSR count). The monoisotopic (exact) mass is 334 g/mol. The number of rotatable bonds is 1. The van der Waals surface area contributed by atoms with Gasteiger partial charge in [0.2, 0.25) is 0 Å². The standard InChI is InChI=1S/C16H9F3N2O3/c17-16(18,19)10-6-7-12-11(8-10)20-13(22)15(24)21(12)14(23)9-4-2-1-3-5-9/h1-8H,(H,20,22). The Morgan fingerprint density at radius 3 is 2.29 bits per heavy atom. The van der Waals surface area contributed by atoms with Crippen LogP contribution >= 0.6 is 0 Å². The van der Waals surface area contributed by atoms with Crippen molar-refractivity contribution in [2.45, 2.75) is 6.18 Å². The van der Waals surface area contributed by atoms with E-state index >= 15 is 0 Å². The summed E-state index contributed by atoms with van der Waals surface area (Å²) in [6, 6.07) is 10.1. The zero-order valence-electron chi connectivity index (χ0n) is 11.9. The Hall–Kier alpha value is -3.16. The molecule has 24 heavy (non-hydrogen) atoms. The van der Waals surface area contributed by atoms with Crippen molar-refractivity contribution in [3.05, 3.63) is 80.4 Å². The molecule has 1 aromatic heterocycles. The lowest BCUT2D eigenvalue weighted by Crippen LogP contribution is -2.39. The minimum Gasteiger partial charge on any atom is -0.316 e. The third-order valence-corrected chi connectivity index (χ3v) is 3.43. The van der Waals surface area contributed by atoms with Gasteiger partial charge in [-0.1, -0.05) is 18.2 Å². The van der Waals surface area contributed by atoms with Gasteiger partial charge in [-0.05, 0) is 30.3 Å². The quantitative estimate of drug-likeness (QED) is 0.695. The van der Waals surface area contributed by atoms with Gasteiger partial charge in [0, 0.05) is 5.56 Å². The number of halogens is 3. The zero-order chi connectivity index (χ0) is 17.5. The average molecular weight is 334 g/mol. The van der Waals surface area contributed by atoms with E-state index < -0.39 is 28.8 Å². The fourth-order valence-corrected chi connectivity index (χ4v) is 2.31. The number of carbonyl (C=O) groups is 1. The molecule has 0 saturated carbocycles. The van der Waals surface area contributed by atoms with Crippen molar-refractivity contribution < 1.29 is 18.0 Å². The van der Waals surface area contributed by atoms with E-state index in [1.165, 1.54) is 12.1 Å². The fraction of sp³-hybridized carbons (Fsp3) is 0.0625. The lowest BCUT2D eigenvalue weighted by Gasteiger charge is -2.11. The lowest BCUT2D eigenvalue weighted by atomic mass is 10.1. The van der Waals surface area contributed by atoms with Crippen molar-refractivity contribution in [2.24, 2.45) is 0 Å². The van der Waals surface area contributed by atoms with Crippen LogP contribution in [0.3, 0.4) is 0 Å². The van der Waals surface area contributed by atoms with Gasteiger partial charge in [0.15, 0.2) is 0 Å². The van der Waals surface area contributed by atoms with E-state index in [4.69, 9.17) is 0 Å². The number of nitrogens with one attached hydrogen (secondary N) is 1. The molecular weight excluding hydrogens is 325 g/mol. The number of nitrogens with zero attached hydrogens (tertiary/aromatic N) is 1. The molecule has 0 aliphatic heterocycles. The second-order valence-electron chi connectivity index (χ2n) is 5.00. The third-order valence-electron chi connectivity index (χ3n) is 3.43. The molecule has 0 aliphatic carbocycles. The van der Waals surface area contributed by atoms with Gasteiger partial charge in [-0.25, -0.2) is 4.57 Å². The van der Waals surface area contributed by atoms with Gasteiger partial charge in [-0.2, -0.15) is 13.2 Å². The van der Waals surface area contributed by atoms with Gasteiger partial charge in [-0.15, -0.1) is 0 Å². The molecule has 2 aromatic carbocycles. The van der Waals surface area contributed by atoms with Crippen LogP contribution in [0.25, 0.3) is 11.0 Å². The van der Waals surface area contributed by atoms with Crippen molar-refractivity contribution in [3.8, 4) is 0 Å². The molecule has 8 heteroatoms. The summed E-state index contributed by atoms with van der Waals surface area (Å²) in [6.45, 7) is 0. The van der Waals surface area contributed by atoms with Gasteiger partial charge in [0.25, 0.3) is 5.91 Å². The van der Waals surface area contributed by atoms with Gasteiger partial charge in [-0.3, -0.25) is 14.4 Å². The number of aromatic amines is 1. The molecule has 0 bridgehead atoms. The first-order valence-corrected chi connectivity index (χ1v) is 6.75. The Kier molecular flexibility index (Phi) is 3.59. The molecule has 0 amide bonds. The largest absolute Gasteiger partial charge is 0.416 e. The maximum atomic E-state index is 12.8. The van der Waals surface area contributed by atoms with Crippen LogP contribution in [0.5, 0.6) is 0 Å². The van der Waals surface area contributed by atoms with E-state index in [0.717, 1.165) is 12.1 Å². The highest BCUT2D eigenvalue weighted by atomic mass is 19.4. The van der Waals surface area contributed by atoms with Crippen molar-refractivity contribution in [1.82, 2.24) is 9.55 Å². The molecule has 122 valence electrons. The summed E-state index contributed by atoms with van der Waals surface area (Å²) in [5.41, 5.74) is -3.56. The number of alkyl halides is 3.